The van der Waals surface area contributed by atoms with Gasteiger partial charge in [-0.05, 0) is 50.2 Å². The van der Waals surface area contributed by atoms with Crippen molar-refractivity contribution in [3.8, 4) is 0 Å². The van der Waals surface area contributed by atoms with Gasteiger partial charge in [-0.2, -0.15) is 0 Å². The fourth-order valence-electron chi connectivity index (χ4n) is 3.29. The van der Waals surface area contributed by atoms with Gasteiger partial charge in [0.15, 0.2) is 0 Å². The topological polar surface area (TPSA) is 64.7 Å². The van der Waals surface area contributed by atoms with Crippen LogP contribution in [0.2, 0.25) is 8.67 Å². The highest BCUT2D eigenvalue weighted by Crippen LogP contribution is 2.21. The largest absolute Gasteiger partial charge is 0.351 e. The molecule has 0 aromatic carbocycles. The first-order chi connectivity index (χ1) is 14.5. The van der Waals surface area contributed by atoms with Crippen LogP contribution in [0.1, 0.15) is 32.2 Å². The molecule has 2 N–H and O–H groups in total. The maximum absolute atomic E-state index is 12.0. The van der Waals surface area contributed by atoms with E-state index < -0.39 is 0 Å². The Hall–Kier alpha value is -1.16. The van der Waals surface area contributed by atoms with E-state index in [4.69, 9.17) is 23.2 Å². The summed E-state index contributed by atoms with van der Waals surface area (Å²) in [6.45, 7) is 7.46. The number of rotatable bonds is 10. The van der Waals surface area contributed by atoms with Gasteiger partial charge in [0, 0.05) is 39.3 Å². The second kappa shape index (κ2) is 12.0. The summed E-state index contributed by atoms with van der Waals surface area (Å²) in [5.41, 5.74) is 0. The minimum Gasteiger partial charge on any atom is -0.351 e. The zero-order valence-electron chi connectivity index (χ0n) is 16.7. The maximum Gasteiger partial charge on any atom is 0.261 e. The summed E-state index contributed by atoms with van der Waals surface area (Å²) in [4.78, 5) is 30.2. The molecular formula is C20H26Cl2N4O2S2. The highest BCUT2D eigenvalue weighted by molar-refractivity contribution is 7.18. The number of amides is 2. The monoisotopic (exact) mass is 488 g/mol. The van der Waals surface area contributed by atoms with Crippen LogP contribution in [0.3, 0.4) is 0 Å². The van der Waals surface area contributed by atoms with Crippen LogP contribution in [-0.4, -0.2) is 74.0 Å². The van der Waals surface area contributed by atoms with Crippen molar-refractivity contribution in [1.29, 1.82) is 0 Å². The molecule has 10 heteroatoms. The summed E-state index contributed by atoms with van der Waals surface area (Å²) >= 11 is 14.3. The SMILES string of the molecule is O=C(NCCCN1CCN(CCCNC(=O)c2ccc(Cl)s2)CC1)c1ccc(Cl)s1. The van der Waals surface area contributed by atoms with Gasteiger partial charge in [-0.1, -0.05) is 23.2 Å². The summed E-state index contributed by atoms with van der Waals surface area (Å²) in [7, 11) is 0. The Morgan fingerprint density at radius 1 is 0.767 bits per heavy atom. The summed E-state index contributed by atoms with van der Waals surface area (Å²) in [5, 5.41) is 5.90. The van der Waals surface area contributed by atoms with Crippen molar-refractivity contribution in [2.45, 2.75) is 12.8 Å². The lowest BCUT2D eigenvalue weighted by molar-refractivity contribution is 0.0938. The van der Waals surface area contributed by atoms with Gasteiger partial charge in [0.2, 0.25) is 0 Å². The first-order valence-corrected chi connectivity index (χ1v) is 12.4. The number of halogens is 2. The molecule has 0 spiro atoms. The third-order valence-corrected chi connectivity index (χ3v) is 7.39. The van der Waals surface area contributed by atoms with Crippen LogP contribution in [0, 0.1) is 0 Å². The predicted octanol–water partition coefficient (Wildman–Crippen LogP) is 3.67. The molecule has 2 aromatic rings. The lowest BCUT2D eigenvalue weighted by atomic mass is 10.2. The van der Waals surface area contributed by atoms with Crippen LogP contribution >= 0.6 is 45.9 Å². The van der Waals surface area contributed by atoms with Crippen molar-refractivity contribution in [3.05, 3.63) is 42.7 Å². The third kappa shape index (κ3) is 7.51. The number of carbonyl (C=O) groups is 2. The first-order valence-electron chi connectivity index (χ1n) is 10.0. The molecule has 30 heavy (non-hydrogen) atoms. The molecule has 3 rings (SSSR count). The van der Waals surface area contributed by atoms with E-state index in [1.165, 1.54) is 22.7 Å². The van der Waals surface area contributed by atoms with Gasteiger partial charge in [0.1, 0.15) is 0 Å². The summed E-state index contributed by atoms with van der Waals surface area (Å²) < 4.78 is 1.26. The average Bonchev–Trinajstić information content (AvgIpc) is 3.37. The van der Waals surface area contributed by atoms with Crippen LogP contribution < -0.4 is 10.6 Å². The number of carbonyl (C=O) groups excluding carboxylic acids is 2. The Kier molecular flexibility index (Phi) is 9.42. The number of hydrogen-bond donors (Lipinski definition) is 2. The Morgan fingerprint density at radius 3 is 1.50 bits per heavy atom. The van der Waals surface area contributed by atoms with Gasteiger partial charge in [-0.15, -0.1) is 22.7 Å². The van der Waals surface area contributed by atoms with E-state index in [9.17, 15) is 9.59 Å². The normalized spacial score (nSPS) is 15.3. The van der Waals surface area contributed by atoms with Gasteiger partial charge in [-0.3, -0.25) is 9.59 Å². The molecule has 0 radical (unpaired) electrons. The van der Waals surface area contributed by atoms with Crippen molar-refractivity contribution < 1.29 is 9.59 Å². The summed E-state index contributed by atoms with van der Waals surface area (Å²) in [6, 6.07) is 7.00. The molecule has 1 saturated heterocycles. The van der Waals surface area contributed by atoms with Gasteiger partial charge in [0.25, 0.3) is 11.8 Å². The van der Waals surface area contributed by atoms with Crippen LogP contribution in [-0.2, 0) is 0 Å². The van der Waals surface area contributed by atoms with Gasteiger partial charge >= 0.3 is 0 Å². The molecular weight excluding hydrogens is 463 g/mol. The van der Waals surface area contributed by atoms with Crippen LogP contribution in [0.25, 0.3) is 0 Å². The highest BCUT2D eigenvalue weighted by Gasteiger charge is 2.16. The maximum atomic E-state index is 12.0. The van der Waals surface area contributed by atoms with Crippen LogP contribution in [0.4, 0.5) is 0 Å². The van der Waals surface area contributed by atoms with E-state index in [1.54, 1.807) is 24.3 Å². The second-order valence-electron chi connectivity index (χ2n) is 7.11. The molecule has 1 aliphatic rings. The van der Waals surface area contributed by atoms with E-state index in [2.05, 4.69) is 20.4 Å². The number of hydrogen-bond acceptors (Lipinski definition) is 6. The molecule has 0 bridgehead atoms. The Bertz CT molecular complexity index is 766. The van der Waals surface area contributed by atoms with E-state index in [0.29, 0.717) is 31.5 Å². The van der Waals surface area contributed by atoms with Gasteiger partial charge in [0.05, 0.1) is 18.4 Å². The van der Waals surface area contributed by atoms with E-state index in [-0.39, 0.29) is 11.8 Å². The first kappa shape index (κ1) is 23.5. The molecule has 164 valence electrons. The third-order valence-electron chi connectivity index (χ3n) is 4.93. The molecule has 3 heterocycles. The smallest absolute Gasteiger partial charge is 0.261 e. The molecule has 0 unspecified atom stereocenters. The quantitative estimate of drug-likeness (QED) is 0.500. The molecule has 0 saturated carbocycles. The molecule has 2 amide bonds. The molecule has 0 aliphatic carbocycles. The van der Waals surface area contributed by atoms with Crippen LogP contribution in [0.15, 0.2) is 24.3 Å². The predicted molar refractivity (Wildman–Crippen MR) is 125 cm³/mol. The highest BCUT2D eigenvalue weighted by atomic mass is 35.5. The fourth-order valence-corrected chi connectivity index (χ4v) is 5.21. The molecule has 2 aromatic heterocycles. The minimum absolute atomic E-state index is 0.0500. The second-order valence-corrected chi connectivity index (χ2v) is 10.5. The summed E-state index contributed by atoms with van der Waals surface area (Å²) in [5.74, 6) is -0.100. The molecule has 1 aliphatic heterocycles. The lowest BCUT2D eigenvalue weighted by Gasteiger charge is -2.34. The molecule has 0 atom stereocenters. The average molecular weight is 489 g/mol. The zero-order chi connectivity index (χ0) is 21.3. The van der Waals surface area contributed by atoms with Gasteiger partial charge in [-0.25, -0.2) is 0 Å². The number of nitrogens with zero attached hydrogens (tertiary/aromatic N) is 2. The minimum atomic E-state index is -0.0500. The number of nitrogens with one attached hydrogen (secondary N) is 2. The van der Waals surface area contributed by atoms with Crippen molar-refractivity contribution >= 4 is 57.7 Å². The lowest BCUT2D eigenvalue weighted by Crippen LogP contribution is -2.47. The standard InChI is InChI=1S/C20H26Cl2N4O2S2/c21-17-5-3-15(29-17)19(27)23-7-1-9-25-11-13-26(14-12-25)10-2-8-24-20(28)16-4-6-18(22)30-16/h3-6H,1-2,7-14H2,(H,23,27)(H,24,28). The zero-order valence-corrected chi connectivity index (χ0v) is 19.8. The fraction of sp³-hybridized carbons (Fsp3) is 0.500. The molecule has 6 nitrogen and oxygen atoms in total. The van der Waals surface area contributed by atoms with E-state index in [0.717, 1.165) is 52.1 Å². The number of thiophene rings is 2. The van der Waals surface area contributed by atoms with E-state index in [1.807, 2.05) is 0 Å². The Labute approximate surface area is 195 Å². The van der Waals surface area contributed by atoms with E-state index >= 15 is 0 Å². The summed E-state index contributed by atoms with van der Waals surface area (Å²) in [6.07, 6.45) is 1.87. The van der Waals surface area contributed by atoms with Crippen molar-refractivity contribution in [1.82, 2.24) is 20.4 Å². The number of piperazine rings is 1. The Morgan fingerprint density at radius 2 is 1.17 bits per heavy atom. The Balaban J connectivity index is 1.21. The van der Waals surface area contributed by atoms with Crippen molar-refractivity contribution in [3.63, 3.8) is 0 Å². The molecule has 1 fully saturated rings. The van der Waals surface area contributed by atoms with Crippen LogP contribution in [0.5, 0.6) is 0 Å². The van der Waals surface area contributed by atoms with Gasteiger partial charge < -0.3 is 20.4 Å². The van der Waals surface area contributed by atoms with Crippen molar-refractivity contribution in [2.75, 3.05) is 52.4 Å². The van der Waals surface area contributed by atoms with Crippen molar-refractivity contribution in [2.24, 2.45) is 0 Å².